The number of rotatable bonds is 6. The first kappa shape index (κ1) is 19.0. The highest BCUT2D eigenvalue weighted by atomic mass is 32.2. The molecule has 2 aromatic carbocycles. The number of anilines is 1. The number of hydrogen-bond donors (Lipinski definition) is 2. The van der Waals surface area contributed by atoms with Gasteiger partial charge in [-0.1, -0.05) is 6.07 Å². The molecule has 0 saturated heterocycles. The molecule has 0 aliphatic rings. The number of sulfonamides is 1. The Morgan fingerprint density at radius 2 is 1.93 bits per heavy atom. The van der Waals surface area contributed by atoms with Crippen molar-refractivity contribution in [2.24, 2.45) is 5.14 Å². The summed E-state index contributed by atoms with van der Waals surface area (Å²) in [5, 5.41) is 7.74. The lowest BCUT2D eigenvalue weighted by Crippen LogP contribution is -2.14. The molecule has 3 rings (SSSR count). The summed E-state index contributed by atoms with van der Waals surface area (Å²) in [6.07, 6.45) is 0. The highest BCUT2D eigenvalue weighted by Crippen LogP contribution is 2.18. The van der Waals surface area contributed by atoms with Gasteiger partial charge in [0.05, 0.1) is 22.3 Å². The summed E-state index contributed by atoms with van der Waals surface area (Å²) < 4.78 is 36.4. The molecule has 3 aromatic rings. The molecule has 0 bridgehead atoms. The summed E-state index contributed by atoms with van der Waals surface area (Å²) in [6.45, 7) is 2.12. The van der Waals surface area contributed by atoms with Gasteiger partial charge in [-0.3, -0.25) is 4.79 Å². The Morgan fingerprint density at radius 3 is 2.56 bits per heavy atom. The molecule has 0 aliphatic carbocycles. The fraction of sp³-hybridized carbons (Fsp3) is 0.118. The van der Waals surface area contributed by atoms with Crippen LogP contribution in [0, 0.1) is 6.92 Å². The van der Waals surface area contributed by atoms with E-state index in [1.165, 1.54) is 24.3 Å². The number of aryl methyl sites for hydroxylation is 1. The number of carbonyl (C=O) groups excluding carboxylic acids is 1. The number of hydrogen-bond acceptors (Lipinski definition) is 7. The topological polar surface area (TPSA) is 124 Å². The van der Waals surface area contributed by atoms with Gasteiger partial charge >= 0.3 is 0 Å². The fourth-order valence-electron chi connectivity index (χ4n) is 2.19. The lowest BCUT2D eigenvalue weighted by molar-refractivity contribution is 0.102. The van der Waals surface area contributed by atoms with Gasteiger partial charge in [-0.25, -0.2) is 13.6 Å². The van der Waals surface area contributed by atoms with E-state index in [0.717, 1.165) is 23.1 Å². The van der Waals surface area contributed by atoms with Crippen LogP contribution in [0.5, 0.6) is 5.75 Å². The molecule has 1 amide bonds. The summed E-state index contributed by atoms with van der Waals surface area (Å²) in [5.41, 5.74) is 2.42. The molecule has 0 atom stereocenters. The SMILES string of the molecule is Cc1nsnc1COc1cccc(C(=O)Nc2ccc(S(N)(=O)=O)cc2)c1. The van der Waals surface area contributed by atoms with Crippen molar-refractivity contribution in [3.8, 4) is 5.75 Å². The molecular formula is C17H16N4O4S2. The van der Waals surface area contributed by atoms with Crippen LogP contribution >= 0.6 is 11.7 Å². The minimum atomic E-state index is -3.77. The Labute approximate surface area is 160 Å². The summed E-state index contributed by atoms with van der Waals surface area (Å²) in [6, 6.07) is 12.3. The number of aromatic nitrogens is 2. The molecule has 10 heteroatoms. The summed E-state index contributed by atoms with van der Waals surface area (Å²) in [4.78, 5) is 12.4. The Bertz CT molecular complexity index is 1060. The molecule has 0 unspecified atom stereocenters. The zero-order valence-electron chi connectivity index (χ0n) is 14.2. The number of nitrogens with zero attached hydrogens (tertiary/aromatic N) is 2. The van der Waals surface area contributed by atoms with Gasteiger partial charge in [0.25, 0.3) is 5.91 Å². The third kappa shape index (κ3) is 4.88. The zero-order chi connectivity index (χ0) is 19.4. The lowest BCUT2D eigenvalue weighted by atomic mass is 10.2. The standard InChI is InChI=1S/C17H16N4O4S2/c1-11-16(21-26-20-11)10-25-14-4-2-3-12(9-14)17(22)19-13-5-7-15(8-6-13)27(18,23)24/h2-9H,10H2,1H3,(H,19,22)(H2,18,23,24). The molecule has 3 N–H and O–H groups in total. The maximum atomic E-state index is 12.4. The van der Waals surface area contributed by atoms with Gasteiger partial charge in [-0.05, 0) is 49.4 Å². The van der Waals surface area contributed by atoms with Crippen LogP contribution in [0.2, 0.25) is 0 Å². The van der Waals surface area contributed by atoms with Crippen molar-refractivity contribution in [3.63, 3.8) is 0 Å². The largest absolute Gasteiger partial charge is 0.487 e. The van der Waals surface area contributed by atoms with E-state index in [9.17, 15) is 13.2 Å². The van der Waals surface area contributed by atoms with E-state index in [1.54, 1.807) is 24.3 Å². The van der Waals surface area contributed by atoms with Crippen LogP contribution in [-0.4, -0.2) is 23.1 Å². The first-order valence-electron chi connectivity index (χ1n) is 7.78. The van der Waals surface area contributed by atoms with E-state index >= 15 is 0 Å². The molecule has 1 heterocycles. The molecule has 27 heavy (non-hydrogen) atoms. The van der Waals surface area contributed by atoms with Crippen LogP contribution in [0.3, 0.4) is 0 Å². The molecule has 0 radical (unpaired) electrons. The van der Waals surface area contributed by atoms with Crippen LogP contribution in [-0.2, 0) is 16.6 Å². The normalized spacial score (nSPS) is 11.2. The van der Waals surface area contributed by atoms with Crippen molar-refractivity contribution in [1.29, 1.82) is 0 Å². The van der Waals surface area contributed by atoms with Crippen LogP contribution in [0.1, 0.15) is 21.7 Å². The Hall–Kier alpha value is -2.82. The first-order valence-corrected chi connectivity index (χ1v) is 10.1. The molecule has 0 aliphatic heterocycles. The minimum absolute atomic E-state index is 0.0253. The third-order valence-corrected chi connectivity index (χ3v) is 5.25. The Kier molecular flexibility index (Phi) is 5.49. The van der Waals surface area contributed by atoms with Gasteiger partial charge < -0.3 is 10.1 Å². The van der Waals surface area contributed by atoms with E-state index in [4.69, 9.17) is 9.88 Å². The first-order chi connectivity index (χ1) is 12.8. The van der Waals surface area contributed by atoms with Crippen LogP contribution in [0.4, 0.5) is 5.69 Å². The van der Waals surface area contributed by atoms with Gasteiger partial charge in [-0.15, -0.1) is 0 Å². The van der Waals surface area contributed by atoms with Gasteiger partial charge in [0, 0.05) is 11.3 Å². The average molecular weight is 404 g/mol. The molecule has 1 aromatic heterocycles. The van der Waals surface area contributed by atoms with Crippen LogP contribution in [0.25, 0.3) is 0 Å². The Balaban J connectivity index is 1.67. The number of nitrogens with one attached hydrogen (secondary N) is 1. The van der Waals surface area contributed by atoms with Crippen molar-refractivity contribution in [2.45, 2.75) is 18.4 Å². The van der Waals surface area contributed by atoms with Gasteiger partial charge in [0.1, 0.15) is 18.1 Å². The molecule has 8 nitrogen and oxygen atoms in total. The van der Waals surface area contributed by atoms with Crippen molar-refractivity contribution in [3.05, 3.63) is 65.5 Å². The van der Waals surface area contributed by atoms with E-state index in [0.29, 0.717) is 17.0 Å². The quantitative estimate of drug-likeness (QED) is 0.650. The molecule has 0 spiro atoms. The molecule has 0 saturated carbocycles. The third-order valence-electron chi connectivity index (χ3n) is 3.66. The highest BCUT2D eigenvalue weighted by molar-refractivity contribution is 7.89. The fourth-order valence-corrected chi connectivity index (χ4v) is 3.26. The number of primary sulfonamides is 1. The number of amides is 1. The second-order valence-electron chi connectivity index (χ2n) is 5.64. The summed E-state index contributed by atoms with van der Waals surface area (Å²) in [7, 11) is -3.77. The second-order valence-corrected chi connectivity index (χ2v) is 7.73. The van der Waals surface area contributed by atoms with Crippen molar-refractivity contribution in [2.75, 3.05) is 5.32 Å². The van der Waals surface area contributed by atoms with Crippen molar-refractivity contribution in [1.82, 2.24) is 8.75 Å². The van der Waals surface area contributed by atoms with Gasteiger partial charge in [0.2, 0.25) is 10.0 Å². The smallest absolute Gasteiger partial charge is 0.255 e. The predicted octanol–water partition coefficient (Wildman–Crippen LogP) is 2.33. The van der Waals surface area contributed by atoms with E-state index in [-0.39, 0.29) is 17.4 Å². The highest BCUT2D eigenvalue weighted by Gasteiger charge is 2.11. The van der Waals surface area contributed by atoms with Crippen LogP contribution < -0.4 is 15.2 Å². The minimum Gasteiger partial charge on any atom is -0.487 e. The maximum Gasteiger partial charge on any atom is 0.255 e. The van der Waals surface area contributed by atoms with Gasteiger partial charge in [-0.2, -0.15) is 8.75 Å². The average Bonchev–Trinajstić information content (AvgIpc) is 3.05. The molecule has 140 valence electrons. The monoisotopic (exact) mass is 404 g/mol. The van der Waals surface area contributed by atoms with E-state index in [2.05, 4.69) is 14.1 Å². The van der Waals surface area contributed by atoms with Crippen LogP contribution in [0.15, 0.2) is 53.4 Å². The maximum absolute atomic E-state index is 12.4. The van der Waals surface area contributed by atoms with E-state index in [1.807, 2.05) is 6.92 Å². The van der Waals surface area contributed by atoms with E-state index < -0.39 is 10.0 Å². The van der Waals surface area contributed by atoms with Crippen molar-refractivity contribution >= 4 is 33.3 Å². The number of benzene rings is 2. The van der Waals surface area contributed by atoms with Gasteiger partial charge in [0.15, 0.2) is 0 Å². The number of ether oxygens (including phenoxy) is 1. The lowest BCUT2D eigenvalue weighted by Gasteiger charge is -2.09. The number of carbonyl (C=O) groups is 1. The Morgan fingerprint density at radius 1 is 1.19 bits per heavy atom. The molecule has 0 fully saturated rings. The second kappa shape index (κ2) is 7.82. The summed E-state index contributed by atoms with van der Waals surface area (Å²) >= 11 is 1.12. The predicted molar refractivity (Wildman–Crippen MR) is 101 cm³/mol. The molecular weight excluding hydrogens is 388 g/mol. The number of nitrogens with two attached hydrogens (primary N) is 1. The zero-order valence-corrected chi connectivity index (χ0v) is 15.9. The summed E-state index contributed by atoms with van der Waals surface area (Å²) in [5.74, 6) is 0.176. The van der Waals surface area contributed by atoms with Crippen molar-refractivity contribution < 1.29 is 17.9 Å².